The molecule has 39 heavy (non-hydrogen) atoms. The Hall–Kier alpha value is -3.14. The Morgan fingerprint density at radius 3 is 2.13 bits per heavy atom. The van der Waals surface area contributed by atoms with Gasteiger partial charge in [0.15, 0.2) is 11.5 Å². The molecule has 0 spiro atoms. The summed E-state index contributed by atoms with van der Waals surface area (Å²) in [6.07, 6.45) is 6.36. The molecular formula is C23H31ClN8O6S. The minimum atomic E-state index is -4.14. The molecule has 0 radical (unpaired) electrons. The van der Waals surface area contributed by atoms with Crippen LogP contribution in [0.4, 0.5) is 5.95 Å². The molecule has 4 rings (SSSR count). The van der Waals surface area contributed by atoms with Crippen LogP contribution in [0.15, 0.2) is 18.7 Å². The second-order valence-corrected chi connectivity index (χ2v) is 11.4. The molecule has 0 amide bonds. The van der Waals surface area contributed by atoms with E-state index in [1.807, 2.05) is 0 Å². The van der Waals surface area contributed by atoms with E-state index < -0.39 is 21.4 Å². The lowest BCUT2D eigenvalue weighted by molar-refractivity contribution is 0.0649. The molecule has 3 aromatic rings. The van der Waals surface area contributed by atoms with Gasteiger partial charge in [-0.25, -0.2) is 18.4 Å². The maximum atomic E-state index is 13.6. The van der Waals surface area contributed by atoms with Crippen molar-refractivity contribution in [3.05, 3.63) is 35.4 Å². The van der Waals surface area contributed by atoms with Gasteiger partial charge in [-0.3, -0.25) is 9.29 Å². The summed E-state index contributed by atoms with van der Waals surface area (Å²) < 4.78 is 53.4. The molecule has 0 aromatic carbocycles. The molecule has 1 saturated carbocycles. The Balaban J connectivity index is 1.77. The lowest BCUT2D eigenvalue weighted by atomic mass is 9.86. The van der Waals surface area contributed by atoms with Crippen molar-refractivity contribution in [2.24, 2.45) is 0 Å². The van der Waals surface area contributed by atoms with E-state index in [9.17, 15) is 8.42 Å². The number of ether oxygens (including phenoxy) is 4. The first-order valence-electron chi connectivity index (χ1n) is 12.2. The molecule has 0 bridgehead atoms. The summed E-state index contributed by atoms with van der Waals surface area (Å²) in [5.74, 6) is 0.882. The van der Waals surface area contributed by atoms with Crippen LogP contribution in [-0.4, -0.2) is 82.9 Å². The van der Waals surface area contributed by atoms with Crippen molar-refractivity contribution in [3.8, 4) is 17.4 Å². The van der Waals surface area contributed by atoms with Crippen molar-refractivity contribution in [3.63, 3.8) is 0 Å². The smallest absolute Gasteiger partial charge is 0.245 e. The summed E-state index contributed by atoms with van der Waals surface area (Å²) >= 11 is 5.89. The van der Waals surface area contributed by atoms with Crippen LogP contribution in [0.3, 0.4) is 0 Å². The van der Waals surface area contributed by atoms with Gasteiger partial charge in [0.1, 0.15) is 23.5 Å². The molecular weight excluding hydrogens is 552 g/mol. The predicted octanol–water partition coefficient (Wildman–Crippen LogP) is 2.71. The number of nitrogens with one attached hydrogen (secondary N) is 1. The Labute approximate surface area is 231 Å². The molecule has 2 atom stereocenters. The summed E-state index contributed by atoms with van der Waals surface area (Å²) in [4.78, 5) is 16.7. The maximum absolute atomic E-state index is 13.6. The third kappa shape index (κ3) is 6.05. The van der Waals surface area contributed by atoms with E-state index in [0.29, 0.717) is 10.8 Å². The van der Waals surface area contributed by atoms with Gasteiger partial charge < -0.3 is 18.9 Å². The van der Waals surface area contributed by atoms with Crippen LogP contribution in [0, 0.1) is 0 Å². The molecule has 212 valence electrons. The fourth-order valence-electron chi connectivity index (χ4n) is 4.60. The molecule has 16 heteroatoms. The molecule has 3 aromatic heterocycles. The van der Waals surface area contributed by atoms with Gasteiger partial charge in [-0.05, 0) is 32.6 Å². The van der Waals surface area contributed by atoms with Crippen molar-refractivity contribution in [1.29, 1.82) is 0 Å². The molecule has 1 fully saturated rings. The molecule has 14 nitrogen and oxygen atoms in total. The number of methoxy groups -OCH3 is 4. The number of anilines is 1. The third-order valence-electron chi connectivity index (χ3n) is 6.72. The van der Waals surface area contributed by atoms with Crippen molar-refractivity contribution >= 4 is 27.6 Å². The molecule has 1 N–H and O–H groups in total. The lowest BCUT2D eigenvalue weighted by Gasteiger charge is -2.27. The van der Waals surface area contributed by atoms with Gasteiger partial charge in [0, 0.05) is 32.5 Å². The summed E-state index contributed by atoms with van der Waals surface area (Å²) in [5.41, 5.74) is 0.269. The number of aromatic nitrogens is 7. The van der Waals surface area contributed by atoms with E-state index >= 15 is 0 Å². The van der Waals surface area contributed by atoms with Crippen LogP contribution < -0.4 is 14.2 Å². The van der Waals surface area contributed by atoms with E-state index in [2.05, 4.69) is 34.9 Å². The summed E-state index contributed by atoms with van der Waals surface area (Å²) in [7, 11) is 1.83. The number of hydrogen-bond donors (Lipinski definition) is 1. The Kier molecular flexibility index (Phi) is 9.15. The highest BCUT2D eigenvalue weighted by Crippen LogP contribution is 2.39. The fourth-order valence-corrected chi connectivity index (χ4v) is 5.83. The van der Waals surface area contributed by atoms with Gasteiger partial charge >= 0.3 is 0 Å². The van der Waals surface area contributed by atoms with Gasteiger partial charge in [0.2, 0.25) is 27.7 Å². The zero-order valence-corrected chi connectivity index (χ0v) is 23.8. The normalized spacial score (nSPS) is 19.3. The van der Waals surface area contributed by atoms with E-state index in [0.717, 1.165) is 25.7 Å². The van der Waals surface area contributed by atoms with Crippen molar-refractivity contribution < 1.29 is 27.4 Å². The minimum absolute atomic E-state index is 0.0385. The van der Waals surface area contributed by atoms with Crippen LogP contribution in [-0.2, 0) is 19.5 Å². The zero-order valence-electron chi connectivity index (χ0n) is 22.2. The van der Waals surface area contributed by atoms with E-state index in [1.165, 1.54) is 47.0 Å². The van der Waals surface area contributed by atoms with Gasteiger partial charge in [-0.15, -0.1) is 10.2 Å². The lowest BCUT2D eigenvalue weighted by Crippen LogP contribution is -2.33. The van der Waals surface area contributed by atoms with Gasteiger partial charge in [-0.2, -0.15) is 9.97 Å². The predicted molar refractivity (Wildman–Crippen MR) is 141 cm³/mol. The average Bonchev–Trinajstić information content (AvgIpc) is 3.35. The highest BCUT2D eigenvalue weighted by Gasteiger charge is 2.36. The Morgan fingerprint density at radius 2 is 1.59 bits per heavy atom. The number of halogens is 1. The molecule has 0 unspecified atom stereocenters. The van der Waals surface area contributed by atoms with Crippen molar-refractivity contribution in [1.82, 2.24) is 34.7 Å². The standard InChI is InChI=1S/C23H31ClN8O6S/c1-13(18(36-3)19-25-10-15(24)11-26-19)39(33,34)31-23-30-29-20(14-6-8-16(35-2)9-7-14)32(23)17-21(37-4)27-12-28-22(17)38-5/h10-14,16,18H,6-9H2,1-5H3,(H,30,31)/t13-,14?,16?,18-/m0/s1. The van der Waals surface area contributed by atoms with Crippen LogP contribution in [0.5, 0.6) is 11.8 Å². The van der Waals surface area contributed by atoms with Crippen LogP contribution in [0.1, 0.15) is 56.3 Å². The molecule has 1 aliphatic carbocycles. The van der Waals surface area contributed by atoms with E-state index in [-0.39, 0.29) is 41.2 Å². The number of nitrogens with zero attached hydrogens (tertiary/aromatic N) is 7. The SMILES string of the molecule is COc1ncnc(OC)c1-n1c(NS(=O)(=O)[C@@H](C)[C@H](OC)c2ncc(Cl)cn2)nnc1C1CCC(OC)CC1. The van der Waals surface area contributed by atoms with E-state index in [1.54, 1.807) is 11.7 Å². The van der Waals surface area contributed by atoms with Gasteiger partial charge in [0.25, 0.3) is 0 Å². The molecule has 1 aliphatic rings. The first-order chi connectivity index (χ1) is 18.7. The Morgan fingerprint density at radius 1 is 0.974 bits per heavy atom. The second kappa shape index (κ2) is 12.4. The van der Waals surface area contributed by atoms with Gasteiger partial charge in [0.05, 0.1) is 25.3 Å². The zero-order chi connectivity index (χ0) is 28.2. The first kappa shape index (κ1) is 28.9. The summed E-state index contributed by atoms with van der Waals surface area (Å²) in [6, 6.07) is 0. The van der Waals surface area contributed by atoms with E-state index in [4.69, 9.17) is 30.5 Å². The number of hydrogen-bond acceptors (Lipinski definition) is 12. The van der Waals surface area contributed by atoms with Crippen LogP contribution >= 0.6 is 11.6 Å². The topological polar surface area (TPSA) is 165 Å². The van der Waals surface area contributed by atoms with Crippen molar-refractivity contribution in [2.45, 2.75) is 56.0 Å². The minimum Gasteiger partial charge on any atom is -0.479 e. The monoisotopic (exact) mass is 582 g/mol. The second-order valence-electron chi connectivity index (χ2n) is 8.94. The summed E-state index contributed by atoms with van der Waals surface area (Å²) in [5, 5.41) is 7.81. The van der Waals surface area contributed by atoms with Crippen LogP contribution in [0.25, 0.3) is 5.69 Å². The highest BCUT2D eigenvalue weighted by molar-refractivity contribution is 7.93. The molecule has 0 aliphatic heterocycles. The molecule has 0 saturated heterocycles. The highest BCUT2D eigenvalue weighted by atomic mass is 35.5. The average molecular weight is 583 g/mol. The largest absolute Gasteiger partial charge is 0.479 e. The first-order valence-corrected chi connectivity index (χ1v) is 14.1. The number of sulfonamides is 1. The van der Waals surface area contributed by atoms with Crippen molar-refractivity contribution in [2.75, 3.05) is 33.2 Å². The quantitative estimate of drug-likeness (QED) is 0.352. The number of rotatable bonds is 11. The molecule has 3 heterocycles. The summed E-state index contributed by atoms with van der Waals surface area (Å²) in [6.45, 7) is 1.48. The fraction of sp³-hybridized carbons (Fsp3) is 0.565. The van der Waals surface area contributed by atoms with Crippen LogP contribution in [0.2, 0.25) is 5.02 Å². The van der Waals surface area contributed by atoms with Gasteiger partial charge in [-0.1, -0.05) is 11.6 Å². The third-order valence-corrected chi connectivity index (χ3v) is 8.61. The maximum Gasteiger partial charge on any atom is 0.245 e. The Bertz CT molecular complexity index is 1340.